The fourth-order valence-corrected chi connectivity index (χ4v) is 2.11. The van der Waals surface area contributed by atoms with Crippen molar-refractivity contribution >= 4 is 15.9 Å². The van der Waals surface area contributed by atoms with Crippen LogP contribution in [0, 0.1) is 0 Å². The minimum atomic E-state index is 0.154. The van der Waals surface area contributed by atoms with Gasteiger partial charge in [0.15, 0.2) is 0 Å². The number of nitrogens with zero attached hydrogens (tertiary/aromatic N) is 1. The maximum atomic E-state index is 6.00. The summed E-state index contributed by atoms with van der Waals surface area (Å²) in [7, 11) is 0. The van der Waals surface area contributed by atoms with Gasteiger partial charge < -0.3 is 10.5 Å². The average molecular weight is 271 g/mol. The van der Waals surface area contributed by atoms with E-state index in [1.165, 1.54) is 12.8 Å². The van der Waals surface area contributed by atoms with Gasteiger partial charge in [0.2, 0.25) is 0 Å². The molecule has 0 spiro atoms. The minimum Gasteiger partial charge on any atom is -0.487 e. The maximum Gasteiger partial charge on any atom is 0.138 e. The van der Waals surface area contributed by atoms with Crippen molar-refractivity contribution in [1.82, 2.24) is 4.98 Å². The molecule has 0 amide bonds. The SMILES string of the molecule is NC1CCCCC1Oc1ccc(Br)nc1. The lowest BCUT2D eigenvalue weighted by atomic mass is 9.93. The predicted octanol–water partition coefficient (Wildman–Crippen LogP) is 2.49. The van der Waals surface area contributed by atoms with E-state index < -0.39 is 0 Å². The number of rotatable bonds is 2. The maximum absolute atomic E-state index is 6.00. The molecule has 0 aliphatic heterocycles. The van der Waals surface area contributed by atoms with Gasteiger partial charge in [0, 0.05) is 6.04 Å². The highest BCUT2D eigenvalue weighted by Crippen LogP contribution is 2.22. The molecule has 0 saturated heterocycles. The van der Waals surface area contributed by atoms with Gasteiger partial charge in [-0.15, -0.1) is 0 Å². The average Bonchev–Trinajstić information content (AvgIpc) is 2.25. The van der Waals surface area contributed by atoms with Crippen LogP contribution in [0.2, 0.25) is 0 Å². The van der Waals surface area contributed by atoms with Crippen LogP contribution in [0.1, 0.15) is 25.7 Å². The van der Waals surface area contributed by atoms with Gasteiger partial charge in [-0.1, -0.05) is 6.42 Å². The Morgan fingerprint density at radius 1 is 1.33 bits per heavy atom. The van der Waals surface area contributed by atoms with E-state index in [2.05, 4.69) is 20.9 Å². The molecule has 1 aliphatic rings. The quantitative estimate of drug-likeness (QED) is 0.841. The van der Waals surface area contributed by atoms with Crippen LogP contribution in [-0.4, -0.2) is 17.1 Å². The number of hydrogen-bond acceptors (Lipinski definition) is 3. The molecule has 1 fully saturated rings. The topological polar surface area (TPSA) is 48.1 Å². The van der Waals surface area contributed by atoms with Crippen molar-refractivity contribution in [2.45, 2.75) is 37.8 Å². The zero-order chi connectivity index (χ0) is 10.7. The summed E-state index contributed by atoms with van der Waals surface area (Å²) in [4.78, 5) is 4.12. The van der Waals surface area contributed by atoms with Gasteiger partial charge in [-0.05, 0) is 47.3 Å². The van der Waals surface area contributed by atoms with Gasteiger partial charge in [-0.2, -0.15) is 0 Å². The summed E-state index contributed by atoms with van der Waals surface area (Å²) in [5, 5.41) is 0. The summed E-state index contributed by atoms with van der Waals surface area (Å²) in [5.41, 5.74) is 6.00. The standard InChI is InChI=1S/C11H15BrN2O/c12-11-6-5-8(7-14-11)15-10-4-2-1-3-9(10)13/h5-7,9-10H,1-4,13H2. The number of ether oxygens (including phenoxy) is 1. The van der Waals surface area contributed by atoms with E-state index in [4.69, 9.17) is 10.5 Å². The second-order valence-corrected chi connectivity index (χ2v) is 4.73. The summed E-state index contributed by atoms with van der Waals surface area (Å²) in [6.07, 6.45) is 6.43. The highest BCUT2D eigenvalue weighted by molar-refractivity contribution is 9.10. The van der Waals surface area contributed by atoms with Crippen LogP contribution >= 0.6 is 15.9 Å². The molecule has 1 saturated carbocycles. The number of nitrogens with two attached hydrogens (primary N) is 1. The number of hydrogen-bond donors (Lipinski definition) is 1. The molecule has 0 bridgehead atoms. The van der Waals surface area contributed by atoms with Gasteiger partial charge in [0.25, 0.3) is 0 Å². The van der Waals surface area contributed by atoms with Crippen LogP contribution in [0.5, 0.6) is 5.75 Å². The molecule has 1 aliphatic carbocycles. The van der Waals surface area contributed by atoms with E-state index >= 15 is 0 Å². The molecule has 2 unspecified atom stereocenters. The third-order valence-corrected chi connectivity index (χ3v) is 3.21. The van der Waals surface area contributed by atoms with Crippen LogP contribution in [0.25, 0.3) is 0 Å². The summed E-state index contributed by atoms with van der Waals surface area (Å²) < 4.78 is 6.64. The molecule has 82 valence electrons. The van der Waals surface area contributed by atoms with Crippen molar-refractivity contribution in [3.8, 4) is 5.75 Å². The Kier molecular flexibility index (Phi) is 3.59. The molecule has 1 aromatic rings. The van der Waals surface area contributed by atoms with Crippen molar-refractivity contribution in [3.05, 3.63) is 22.9 Å². The van der Waals surface area contributed by atoms with E-state index in [1.807, 2.05) is 12.1 Å². The summed E-state index contributed by atoms with van der Waals surface area (Å²) >= 11 is 3.29. The Morgan fingerprint density at radius 2 is 2.13 bits per heavy atom. The third-order valence-electron chi connectivity index (χ3n) is 2.74. The van der Waals surface area contributed by atoms with Crippen molar-refractivity contribution in [2.75, 3.05) is 0 Å². The van der Waals surface area contributed by atoms with E-state index in [-0.39, 0.29) is 12.1 Å². The first-order chi connectivity index (χ1) is 7.25. The lowest BCUT2D eigenvalue weighted by Gasteiger charge is -2.28. The molecule has 2 N–H and O–H groups in total. The first-order valence-electron chi connectivity index (χ1n) is 5.29. The molecular formula is C11H15BrN2O. The monoisotopic (exact) mass is 270 g/mol. The Balaban J connectivity index is 1.98. The fourth-order valence-electron chi connectivity index (χ4n) is 1.88. The van der Waals surface area contributed by atoms with Crippen molar-refractivity contribution in [1.29, 1.82) is 0 Å². The summed E-state index contributed by atoms with van der Waals surface area (Å²) in [5.74, 6) is 0.806. The number of aromatic nitrogens is 1. The molecule has 3 nitrogen and oxygen atoms in total. The van der Waals surface area contributed by atoms with Crippen LogP contribution in [0.15, 0.2) is 22.9 Å². The second kappa shape index (κ2) is 4.94. The molecule has 15 heavy (non-hydrogen) atoms. The minimum absolute atomic E-state index is 0.154. The lowest BCUT2D eigenvalue weighted by Crippen LogP contribution is -2.41. The molecular weight excluding hydrogens is 256 g/mol. The van der Waals surface area contributed by atoms with Gasteiger partial charge in [0.05, 0.1) is 6.20 Å². The van der Waals surface area contributed by atoms with Crippen LogP contribution in [0.4, 0.5) is 0 Å². The lowest BCUT2D eigenvalue weighted by molar-refractivity contribution is 0.132. The van der Waals surface area contributed by atoms with Crippen molar-refractivity contribution in [3.63, 3.8) is 0 Å². The van der Waals surface area contributed by atoms with Gasteiger partial charge in [0.1, 0.15) is 16.5 Å². The highest BCUT2D eigenvalue weighted by atomic mass is 79.9. The smallest absolute Gasteiger partial charge is 0.138 e. The summed E-state index contributed by atoms with van der Waals surface area (Å²) in [6.45, 7) is 0. The summed E-state index contributed by atoms with van der Waals surface area (Å²) in [6, 6.07) is 3.96. The highest BCUT2D eigenvalue weighted by Gasteiger charge is 2.23. The van der Waals surface area contributed by atoms with Gasteiger partial charge >= 0.3 is 0 Å². The number of halogens is 1. The van der Waals surface area contributed by atoms with Crippen molar-refractivity contribution < 1.29 is 4.74 Å². The van der Waals surface area contributed by atoms with E-state index in [1.54, 1.807) is 6.20 Å². The number of pyridine rings is 1. The normalized spacial score (nSPS) is 26.3. The molecule has 0 radical (unpaired) electrons. The van der Waals surface area contributed by atoms with Crippen LogP contribution in [0.3, 0.4) is 0 Å². The van der Waals surface area contributed by atoms with Crippen LogP contribution < -0.4 is 10.5 Å². The molecule has 2 rings (SSSR count). The van der Waals surface area contributed by atoms with E-state index in [9.17, 15) is 0 Å². The second-order valence-electron chi connectivity index (χ2n) is 3.92. The first-order valence-corrected chi connectivity index (χ1v) is 6.09. The fraction of sp³-hybridized carbons (Fsp3) is 0.545. The Bertz CT molecular complexity index is 315. The molecule has 4 heteroatoms. The molecule has 0 aromatic carbocycles. The Morgan fingerprint density at radius 3 is 2.80 bits per heavy atom. The zero-order valence-electron chi connectivity index (χ0n) is 8.53. The predicted molar refractivity (Wildman–Crippen MR) is 62.8 cm³/mol. The van der Waals surface area contributed by atoms with Crippen LogP contribution in [-0.2, 0) is 0 Å². The Hall–Kier alpha value is -0.610. The molecule has 2 atom stereocenters. The first kappa shape index (κ1) is 10.9. The Labute approximate surface area is 98.2 Å². The zero-order valence-corrected chi connectivity index (χ0v) is 10.1. The largest absolute Gasteiger partial charge is 0.487 e. The van der Waals surface area contributed by atoms with Crippen molar-refractivity contribution in [2.24, 2.45) is 5.73 Å². The third kappa shape index (κ3) is 2.92. The van der Waals surface area contributed by atoms with Gasteiger partial charge in [-0.25, -0.2) is 4.98 Å². The molecule has 1 heterocycles. The van der Waals surface area contributed by atoms with Gasteiger partial charge in [-0.3, -0.25) is 0 Å². The van der Waals surface area contributed by atoms with E-state index in [0.717, 1.165) is 23.2 Å². The molecule has 1 aromatic heterocycles. The van der Waals surface area contributed by atoms with E-state index in [0.29, 0.717) is 0 Å².